The van der Waals surface area contributed by atoms with Crippen LogP contribution in [0.15, 0.2) is 18.3 Å². The van der Waals surface area contributed by atoms with E-state index in [0.717, 1.165) is 9.87 Å². The van der Waals surface area contributed by atoms with Crippen molar-refractivity contribution in [2.75, 3.05) is 14.2 Å². The Morgan fingerprint density at radius 1 is 1.41 bits per heavy atom. The average molecular weight is 261 g/mol. The number of pyridine rings is 1. The molecule has 0 amide bonds. The van der Waals surface area contributed by atoms with Gasteiger partial charge < -0.3 is 4.74 Å². The van der Waals surface area contributed by atoms with Crippen molar-refractivity contribution in [1.29, 1.82) is 0 Å². The predicted octanol–water partition coefficient (Wildman–Crippen LogP) is 0.752. The second-order valence-electron chi connectivity index (χ2n) is 3.01. The number of rotatable bonds is 4. The molecule has 0 saturated heterocycles. The summed E-state index contributed by atoms with van der Waals surface area (Å²) in [6.07, 6.45) is 1.54. The number of hydrogen-bond acceptors (Lipinski definition) is 4. The van der Waals surface area contributed by atoms with Gasteiger partial charge in [0.15, 0.2) is 0 Å². The van der Waals surface area contributed by atoms with Crippen LogP contribution in [0.1, 0.15) is 19.4 Å². The maximum atomic E-state index is 10.9. The number of ether oxygens (including phenoxy) is 1. The predicted molar refractivity (Wildman–Crippen MR) is 66.7 cm³/mol. The Bertz CT molecular complexity index is 417. The Morgan fingerprint density at radius 2 is 2.00 bits per heavy atom. The summed E-state index contributed by atoms with van der Waals surface area (Å²) < 4.78 is 27.7. The summed E-state index contributed by atoms with van der Waals surface area (Å²) in [5.74, 6) is 0.483. The van der Waals surface area contributed by atoms with Crippen molar-refractivity contribution in [2.24, 2.45) is 5.14 Å². The van der Waals surface area contributed by atoms with Gasteiger partial charge in [0, 0.05) is 25.9 Å². The largest absolute Gasteiger partial charge is 0.481 e. The molecule has 0 fully saturated rings. The molecule has 6 nitrogen and oxygen atoms in total. The van der Waals surface area contributed by atoms with E-state index in [4.69, 9.17) is 9.88 Å². The molecule has 98 valence electrons. The lowest BCUT2D eigenvalue weighted by Gasteiger charge is -2.13. The van der Waals surface area contributed by atoms with Crippen molar-refractivity contribution in [1.82, 2.24) is 9.29 Å². The first-order valence-electron chi connectivity index (χ1n) is 5.16. The smallest absolute Gasteiger partial charge is 0.276 e. The summed E-state index contributed by atoms with van der Waals surface area (Å²) in [6.45, 7) is 4.19. The second kappa shape index (κ2) is 7.21. The summed E-state index contributed by atoms with van der Waals surface area (Å²) in [7, 11) is -0.728. The Morgan fingerprint density at radius 3 is 2.35 bits per heavy atom. The molecule has 0 atom stereocenters. The van der Waals surface area contributed by atoms with Gasteiger partial charge in [-0.25, -0.2) is 10.1 Å². The lowest BCUT2D eigenvalue weighted by Crippen LogP contribution is -2.32. The van der Waals surface area contributed by atoms with Gasteiger partial charge in [-0.2, -0.15) is 12.7 Å². The van der Waals surface area contributed by atoms with Crippen molar-refractivity contribution < 1.29 is 13.2 Å². The van der Waals surface area contributed by atoms with Gasteiger partial charge in [0.2, 0.25) is 5.88 Å². The highest BCUT2D eigenvalue weighted by atomic mass is 32.2. The SMILES string of the molecule is CC.COc1ccc(CN(C)S(N)(=O)=O)cn1. The first kappa shape index (κ1) is 15.8. The molecule has 0 aliphatic carbocycles. The molecule has 1 aromatic heterocycles. The van der Waals surface area contributed by atoms with E-state index in [1.54, 1.807) is 18.3 Å². The molecule has 1 heterocycles. The van der Waals surface area contributed by atoms with Crippen molar-refractivity contribution >= 4 is 10.2 Å². The zero-order chi connectivity index (χ0) is 13.5. The van der Waals surface area contributed by atoms with Crippen LogP contribution in [-0.2, 0) is 16.8 Å². The van der Waals surface area contributed by atoms with E-state index in [2.05, 4.69) is 4.98 Å². The van der Waals surface area contributed by atoms with E-state index >= 15 is 0 Å². The Kier molecular flexibility index (Phi) is 6.71. The third kappa shape index (κ3) is 5.62. The molecule has 0 radical (unpaired) electrons. The van der Waals surface area contributed by atoms with Gasteiger partial charge >= 0.3 is 0 Å². The third-order valence-electron chi connectivity index (χ3n) is 1.85. The summed E-state index contributed by atoms with van der Waals surface area (Å²) in [5.41, 5.74) is 0.743. The molecule has 1 rings (SSSR count). The third-order valence-corrected chi connectivity index (χ3v) is 2.84. The van der Waals surface area contributed by atoms with E-state index < -0.39 is 10.2 Å². The molecule has 0 saturated carbocycles. The molecular formula is C10H19N3O3S. The molecule has 0 bridgehead atoms. The van der Waals surface area contributed by atoms with Gasteiger partial charge in [-0.05, 0) is 5.56 Å². The van der Waals surface area contributed by atoms with E-state index in [1.165, 1.54) is 14.2 Å². The molecule has 7 heteroatoms. The fourth-order valence-electron chi connectivity index (χ4n) is 0.972. The van der Waals surface area contributed by atoms with Crippen LogP contribution < -0.4 is 9.88 Å². The first-order chi connectivity index (χ1) is 7.93. The monoisotopic (exact) mass is 261 g/mol. The fraction of sp³-hybridized carbons (Fsp3) is 0.500. The molecule has 0 aliphatic heterocycles. The van der Waals surface area contributed by atoms with Gasteiger partial charge in [-0.3, -0.25) is 0 Å². The Balaban J connectivity index is 0.00000121. The summed E-state index contributed by atoms with van der Waals surface area (Å²) >= 11 is 0. The van der Waals surface area contributed by atoms with Crippen molar-refractivity contribution in [3.05, 3.63) is 23.9 Å². The quantitative estimate of drug-likeness (QED) is 0.866. The zero-order valence-electron chi connectivity index (χ0n) is 10.5. The normalized spacial score (nSPS) is 10.7. The fourth-order valence-corrected chi connectivity index (χ4v) is 1.30. The van der Waals surface area contributed by atoms with Crippen LogP contribution in [0, 0.1) is 0 Å². The highest BCUT2D eigenvalue weighted by molar-refractivity contribution is 7.86. The Hall–Kier alpha value is -1.18. The van der Waals surface area contributed by atoms with Gasteiger partial charge in [-0.1, -0.05) is 19.9 Å². The lowest BCUT2D eigenvalue weighted by atomic mass is 10.3. The van der Waals surface area contributed by atoms with Crippen molar-refractivity contribution in [3.63, 3.8) is 0 Å². The van der Waals surface area contributed by atoms with E-state index in [9.17, 15) is 8.42 Å². The summed E-state index contributed by atoms with van der Waals surface area (Å²) in [6, 6.07) is 3.39. The minimum absolute atomic E-state index is 0.190. The van der Waals surface area contributed by atoms with Crippen LogP contribution in [0.3, 0.4) is 0 Å². The van der Waals surface area contributed by atoms with E-state index in [0.29, 0.717) is 5.88 Å². The van der Waals surface area contributed by atoms with Crippen LogP contribution in [0.2, 0.25) is 0 Å². The average Bonchev–Trinajstić information content (AvgIpc) is 2.31. The van der Waals surface area contributed by atoms with Gasteiger partial charge in [0.05, 0.1) is 7.11 Å². The molecule has 17 heavy (non-hydrogen) atoms. The zero-order valence-corrected chi connectivity index (χ0v) is 11.4. The van der Waals surface area contributed by atoms with E-state index in [-0.39, 0.29) is 6.54 Å². The molecule has 0 spiro atoms. The van der Waals surface area contributed by atoms with Crippen molar-refractivity contribution in [2.45, 2.75) is 20.4 Å². The highest BCUT2D eigenvalue weighted by Crippen LogP contribution is 2.08. The maximum Gasteiger partial charge on any atom is 0.276 e. The second-order valence-corrected chi connectivity index (χ2v) is 4.66. The summed E-state index contributed by atoms with van der Waals surface area (Å²) in [5, 5.41) is 4.94. The molecule has 0 unspecified atom stereocenters. The minimum Gasteiger partial charge on any atom is -0.481 e. The molecule has 1 aromatic rings. The number of nitrogens with two attached hydrogens (primary N) is 1. The number of aromatic nitrogens is 1. The topological polar surface area (TPSA) is 85.5 Å². The van der Waals surface area contributed by atoms with Crippen LogP contribution in [0.25, 0.3) is 0 Å². The van der Waals surface area contributed by atoms with Crippen LogP contribution >= 0.6 is 0 Å². The molecule has 2 N–H and O–H groups in total. The molecule has 0 aliphatic rings. The number of hydrogen-bond donors (Lipinski definition) is 1. The van der Waals surface area contributed by atoms with Crippen LogP contribution in [-0.4, -0.2) is 31.9 Å². The summed E-state index contributed by atoms with van der Waals surface area (Å²) in [4.78, 5) is 3.95. The van der Waals surface area contributed by atoms with Crippen molar-refractivity contribution in [3.8, 4) is 5.88 Å². The van der Waals surface area contributed by atoms with Gasteiger partial charge in [-0.15, -0.1) is 0 Å². The maximum absolute atomic E-state index is 10.9. The van der Waals surface area contributed by atoms with E-state index in [1.807, 2.05) is 13.8 Å². The standard InChI is InChI=1S/C8H13N3O3S.C2H6/c1-11(15(9,12)13)6-7-3-4-8(14-2)10-5-7;1-2/h3-5H,6H2,1-2H3,(H2,9,12,13);1-2H3. The Labute approximate surface area is 103 Å². The van der Waals surface area contributed by atoms with Gasteiger partial charge in [0.25, 0.3) is 10.2 Å². The molecular weight excluding hydrogens is 242 g/mol. The van der Waals surface area contributed by atoms with Gasteiger partial charge in [0.1, 0.15) is 0 Å². The minimum atomic E-state index is -3.64. The first-order valence-corrected chi connectivity index (χ1v) is 6.67. The highest BCUT2D eigenvalue weighted by Gasteiger charge is 2.11. The number of nitrogens with zero attached hydrogens (tertiary/aromatic N) is 2. The lowest BCUT2D eigenvalue weighted by molar-refractivity contribution is 0.397. The number of methoxy groups -OCH3 is 1. The molecule has 0 aromatic carbocycles. The van der Waals surface area contributed by atoms with Crippen LogP contribution in [0.5, 0.6) is 5.88 Å². The van der Waals surface area contributed by atoms with Crippen LogP contribution in [0.4, 0.5) is 0 Å².